The molecule has 1 aromatic carbocycles. The lowest BCUT2D eigenvalue weighted by Gasteiger charge is -2.15. The summed E-state index contributed by atoms with van der Waals surface area (Å²) in [6.45, 7) is 3.60. The number of para-hydroxylation sites is 1. The Balaban J connectivity index is 2.39. The first-order valence-electron chi connectivity index (χ1n) is 6.80. The number of carboxylic acids is 1. The maximum absolute atomic E-state index is 12.0. The zero-order valence-electron chi connectivity index (χ0n) is 11.9. The predicted octanol–water partition coefficient (Wildman–Crippen LogP) is 2.28. The summed E-state index contributed by atoms with van der Waals surface area (Å²) in [5.41, 5.74) is 6.67. The lowest BCUT2D eigenvalue weighted by atomic mass is 10.0. The zero-order chi connectivity index (χ0) is 15.1. The van der Waals surface area contributed by atoms with E-state index >= 15 is 0 Å². The molecule has 5 nitrogen and oxygen atoms in total. The molecule has 0 aliphatic carbocycles. The van der Waals surface area contributed by atoms with Gasteiger partial charge in [0.15, 0.2) is 0 Å². The minimum Gasteiger partial charge on any atom is -0.481 e. The quantitative estimate of drug-likeness (QED) is 0.667. The molecule has 0 aliphatic heterocycles. The Morgan fingerprint density at radius 1 is 1.25 bits per heavy atom. The van der Waals surface area contributed by atoms with Crippen molar-refractivity contribution in [3.05, 3.63) is 29.8 Å². The van der Waals surface area contributed by atoms with Gasteiger partial charge >= 0.3 is 5.97 Å². The highest BCUT2D eigenvalue weighted by atomic mass is 16.4. The van der Waals surface area contributed by atoms with Gasteiger partial charge in [0.2, 0.25) is 0 Å². The SMILES string of the molecule is CC(CCCC(C)C(=O)O)NC(=O)c1ccccc1N. The Bertz CT molecular complexity index is 474. The second-order valence-corrected chi connectivity index (χ2v) is 5.13. The Hall–Kier alpha value is -2.04. The van der Waals surface area contributed by atoms with Crippen molar-refractivity contribution in [1.29, 1.82) is 0 Å². The fourth-order valence-electron chi connectivity index (χ4n) is 1.93. The number of aliphatic carboxylic acids is 1. The molecular weight excluding hydrogens is 256 g/mol. The van der Waals surface area contributed by atoms with Crippen LogP contribution in [0.3, 0.4) is 0 Å². The number of benzene rings is 1. The first-order chi connectivity index (χ1) is 9.41. The fraction of sp³-hybridized carbons (Fsp3) is 0.467. The number of anilines is 1. The maximum Gasteiger partial charge on any atom is 0.306 e. The van der Waals surface area contributed by atoms with E-state index in [2.05, 4.69) is 5.32 Å². The van der Waals surface area contributed by atoms with Gasteiger partial charge in [0, 0.05) is 11.7 Å². The van der Waals surface area contributed by atoms with E-state index in [9.17, 15) is 9.59 Å². The van der Waals surface area contributed by atoms with Gasteiger partial charge in [-0.1, -0.05) is 25.5 Å². The molecule has 0 aliphatic rings. The summed E-state index contributed by atoms with van der Waals surface area (Å²) in [6, 6.07) is 6.91. The highest BCUT2D eigenvalue weighted by Gasteiger charge is 2.14. The Labute approximate surface area is 119 Å². The van der Waals surface area contributed by atoms with Gasteiger partial charge in [0.05, 0.1) is 11.5 Å². The third kappa shape index (κ3) is 4.91. The van der Waals surface area contributed by atoms with Crippen LogP contribution in [0, 0.1) is 5.92 Å². The van der Waals surface area contributed by atoms with Crippen molar-refractivity contribution in [1.82, 2.24) is 5.32 Å². The summed E-state index contributed by atoms with van der Waals surface area (Å²) in [5.74, 6) is -1.32. The Morgan fingerprint density at radius 3 is 2.50 bits per heavy atom. The molecule has 1 rings (SSSR count). The van der Waals surface area contributed by atoms with E-state index in [-0.39, 0.29) is 17.9 Å². The Morgan fingerprint density at radius 2 is 1.90 bits per heavy atom. The van der Waals surface area contributed by atoms with Gasteiger partial charge in [0.25, 0.3) is 5.91 Å². The van der Waals surface area contributed by atoms with Crippen LogP contribution in [0.4, 0.5) is 5.69 Å². The van der Waals surface area contributed by atoms with E-state index in [1.807, 2.05) is 6.92 Å². The summed E-state index contributed by atoms with van der Waals surface area (Å²) in [5, 5.41) is 11.7. The van der Waals surface area contributed by atoms with Crippen LogP contribution in [0.15, 0.2) is 24.3 Å². The number of carboxylic acid groups (broad SMARTS) is 1. The molecule has 1 amide bonds. The van der Waals surface area contributed by atoms with Crippen molar-refractivity contribution >= 4 is 17.6 Å². The van der Waals surface area contributed by atoms with Crippen LogP contribution in [-0.2, 0) is 4.79 Å². The summed E-state index contributed by atoms with van der Waals surface area (Å²) in [4.78, 5) is 22.7. The molecule has 20 heavy (non-hydrogen) atoms. The number of nitrogen functional groups attached to an aromatic ring is 1. The minimum atomic E-state index is -0.779. The van der Waals surface area contributed by atoms with Crippen LogP contribution in [0.1, 0.15) is 43.5 Å². The van der Waals surface area contributed by atoms with Gasteiger partial charge in [-0.05, 0) is 31.9 Å². The van der Waals surface area contributed by atoms with Gasteiger partial charge in [0.1, 0.15) is 0 Å². The number of hydrogen-bond donors (Lipinski definition) is 3. The number of rotatable bonds is 7. The van der Waals surface area contributed by atoms with Gasteiger partial charge < -0.3 is 16.2 Å². The van der Waals surface area contributed by atoms with E-state index in [0.29, 0.717) is 17.7 Å². The van der Waals surface area contributed by atoms with Crippen LogP contribution in [0.2, 0.25) is 0 Å². The van der Waals surface area contributed by atoms with E-state index in [1.165, 1.54) is 0 Å². The van der Waals surface area contributed by atoms with E-state index in [1.54, 1.807) is 31.2 Å². The summed E-state index contributed by atoms with van der Waals surface area (Å²) in [6.07, 6.45) is 2.12. The molecule has 110 valence electrons. The third-order valence-electron chi connectivity index (χ3n) is 3.28. The molecule has 0 spiro atoms. The van der Waals surface area contributed by atoms with E-state index in [4.69, 9.17) is 10.8 Å². The third-order valence-corrected chi connectivity index (χ3v) is 3.28. The molecule has 0 radical (unpaired) electrons. The standard InChI is InChI=1S/C15H22N2O3/c1-10(15(19)20)6-5-7-11(2)17-14(18)12-8-3-4-9-13(12)16/h3-4,8-11H,5-7,16H2,1-2H3,(H,17,18)(H,19,20). The maximum atomic E-state index is 12.0. The summed E-state index contributed by atoms with van der Waals surface area (Å²) < 4.78 is 0. The fourth-order valence-corrected chi connectivity index (χ4v) is 1.93. The van der Waals surface area contributed by atoms with Crippen molar-refractivity contribution in [3.8, 4) is 0 Å². The first kappa shape index (κ1) is 16.0. The number of nitrogens with two attached hydrogens (primary N) is 1. The lowest BCUT2D eigenvalue weighted by molar-refractivity contribution is -0.141. The van der Waals surface area contributed by atoms with Crippen LogP contribution in [0.25, 0.3) is 0 Å². The molecule has 4 N–H and O–H groups in total. The number of nitrogens with one attached hydrogen (secondary N) is 1. The van der Waals surface area contributed by atoms with Crippen molar-refractivity contribution in [2.75, 3.05) is 5.73 Å². The van der Waals surface area contributed by atoms with Gasteiger partial charge in [-0.15, -0.1) is 0 Å². The summed E-state index contributed by atoms with van der Waals surface area (Å²) in [7, 11) is 0. The van der Waals surface area contributed by atoms with Gasteiger partial charge in [-0.3, -0.25) is 9.59 Å². The van der Waals surface area contributed by atoms with Crippen molar-refractivity contribution in [3.63, 3.8) is 0 Å². The first-order valence-corrected chi connectivity index (χ1v) is 6.80. The van der Waals surface area contributed by atoms with Crippen molar-refractivity contribution in [2.24, 2.45) is 5.92 Å². The molecule has 0 heterocycles. The smallest absolute Gasteiger partial charge is 0.306 e. The Kier molecular flexibility index (Phi) is 6.03. The van der Waals surface area contributed by atoms with Crippen molar-refractivity contribution in [2.45, 2.75) is 39.2 Å². The van der Waals surface area contributed by atoms with Crippen LogP contribution < -0.4 is 11.1 Å². The average molecular weight is 278 g/mol. The number of hydrogen-bond acceptors (Lipinski definition) is 3. The van der Waals surface area contributed by atoms with Gasteiger partial charge in [-0.2, -0.15) is 0 Å². The molecule has 2 unspecified atom stereocenters. The van der Waals surface area contributed by atoms with Crippen LogP contribution in [-0.4, -0.2) is 23.0 Å². The summed E-state index contributed by atoms with van der Waals surface area (Å²) >= 11 is 0. The largest absolute Gasteiger partial charge is 0.481 e. The second-order valence-electron chi connectivity index (χ2n) is 5.13. The lowest BCUT2D eigenvalue weighted by Crippen LogP contribution is -2.33. The molecule has 1 aromatic rings. The molecule has 0 saturated heterocycles. The van der Waals surface area contributed by atoms with E-state index < -0.39 is 5.97 Å². The van der Waals surface area contributed by atoms with Crippen molar-refractivity contribution < 1.29 is 14.7 Å². The highest BCUT2D eigenvalue weighted by molar-refractivity contribution is 5.99. The molecular formula is C15H22N2O3. The number of amides is 1. The monoisotopic (exact) mass is 278 g/mol. The number of carbonyl (C=O) groups excluding carboxylic acids is 1. The molecule has 0 saturated carbocycles. The minimum absolute atomic E-state index is 0.0110. The molecule has 0 aromatic heterocycles. The topological polar surface area (TPSA) is 92.4 Å². The zero-order valence-corrected chi connectivity index (χ0v) is 11.9. The highest BCUT2D eigenvalue weighted by Crippen LogP contribution is 2.12. The second kappa shape index (κ2) is 7.53. The van der Waals surface area contributed by atoms with E-state index in [0.717, 1.165) is 12.8 Å². The number of carbonyl (C=O) groups is 2. The normalized spacial score (nSPS) is 13.5. The van der Waals surface area contributed by atoms with Crippen LogP contribution in [0.5, 0.6) is 0 Å². The molecule has 0 fully saturated rings. The van der Waals surface area contributed by atoms with Gasteiger partial charge in [-0.25, -0.2) is 0 Å². The van der Waals surface area contributed by atoms with Crippen LogP contribution >= 0.6 is 0 Å². The molecule has 5 heteroatoms. The molecule has 0 bridgehead atoms. The predicted molar refractivity (Wildman–Crippen MR) is 78.4 cm³/mol. The molecule has 2 atom stereocenters. The average Bonchev–Trinajstić information content (AvgIpc) is 2.38.